The van der Waals surface area contributed by atoms with Crippen LogP contribution in [0.25, 0.3) is 0 Å². The Morgan fingerprint density at radius 2 is 2.00 bits per heavy atom. The van der Waals surface area contributed by atoms with Crippen LogP contribution in [0, 0.1) is 5.92 Å². The van der Waals surface area contributed by atoms with Crippen molar-refractivity contribution in [2.45, 2.75) is 32.8 Å². The van der Waals surface area contributed by atoms with Gasteiger partial charge in [0.05, 0.1) is 19.1 Å². The van der Waals surface area contributed by atoms with Crippen molar-refractivity contribution in [3.05, 3.63) is 11.1 Å². The van der Waals surface area contributed by atoms with Crippen LogP contribution < -0.4 is 0 Å². The molecule has 0 unspecified atom stereocenters. The summed E-state index contributed by atoms with van der Waals surface area (Å²) in [6, 6.07) is 0. The van der Waals surface area contributed by atoms with Crippen LogP contribution in [-0.2, 0) is 14.3 Å². The van der Waals surface area contributed by atoms with Gasteiger partial charge < -0.3 is 9.47 Å². The molecule has 0 radical (unpaired) electrons. The van der Waals surface area contributed by atoms with E-state index in [9.17, 15) is 4.79 Å². The Balaban J connectivity index is 2.84. The van der Waals surface area contributed by atoms with Gasteiger partial charge in [0, 0.05) is 7.11 Å². The lowest BCUT2D eigenvalue weighted by molar-refractivity contribution is -0.145. The monoisotopic (exact) mass is 198 g/mol. The van der Waals surface area contributed by atoms with Gasteiger partial charge in [-0.1, -0.05) is 11.1 Å². The smallest absolute Gasteiger partial charge is 0.312 e. The molecule has 0 aliphatic heterocycles. The fraction of sp³-hybridized carbons (Fsp3) is 0.727. The van der Waals surface area contributed by atoms with E-state index < -0.39 is 0 Å². The molecule has 3 nitrogen and oxygen atoms in total. The maximum atomic E-state index is 11.5. The molecule has 0 N–H and O–H groups in total. The van der Waals surface area contributed by atoms with Crippen LogP contribution in [0.2, 0.25) is 0 Å². The van der Waals surface area contributed by atoms with E-state index in [2.05, 4.69) is 6.92 Å². The summed E-state index contributed by atoms with van der Waals surface area (Å²) in [6.45, 7) is 4.05. The number of rotatable bonds is 2. The quantitative estimate of drug-likeness (QED) is 0.502. The molecule has 2 atom stereocenters. The van der Waals surface area contributed by atoms with E-state index in [1.165, 1.54) is 12.7 Å². The van der Waals surface area contributed by atoms with Crippen molar-refractivity contribution >= 4 is 5.97 Å². The summed E-state index contributed by atoms with van der Waals surface area (Å²) in [5.74, 6) is -0.262. The number of ether oxygens (including phenoxy) is 2. The molecule has 0 aromatic carbocycles. The molecule has 0 saturated heterocycles. The Kier molecular flexibility index (Phi) is 3.69. The summed E-state index contributed by atoms with van der Waals surface area (Å²) in [7, 11) is 3.12. The molecule has 0 heterocycles. The van der Waals surface area contributed by atoms with E-state index in [-0.39, 0.29) is 18.0 Å². The first-order valence-corrected chi connectivity index (χ1v) is 4.87. The number of carbonyl (C=O) groups excluding carboxylic acids is 1. The van der Waals surface area contributed by atoms with E-state index in [4.69, 9.17) is 9.47 Å². The topological polar surface area (TPSA) is 35.5 Å². The van der Waals surface area contributed by atoms with Gasteiger partial charge in [-0.05, 0) is 26.7 Å². The average molecular weight is 198 g/mol. The highest BCUT2D eigenvalue weighted by Gasteiger charge is 2.30. The second kappa shape index (κ2) is 4.60. The van der Waals surface area contributed by atoms with Gasteiger partial charge in [-0.25, -0.2) is 0 Å². The minimum absolute atomic E-state index is 0.112. The van der Waals surface area contributed by atoms with Gasteiger partial charge in [0.2, 0.25) is 0 Å². The highest BCUT2D eigenvalue weighted by Crippen LogP contribution is 2.31. The largest absolute Gasteiger partial charge is 0.469 e. The molecule has 1 aliphatic rings. The molecule has 0 aromatic heterocycles. The van der Waals surface area contributed by atoms with Crippen molar-refractivity contribution in [3.8, 4) is 0 Å². The van der Waals surface area contributed by atoms with Crippen LogP contribution in [0.3, 0.4) is 0 Å². The van der Waals surface area contributed by atoms with E-state index in [1.807, 2.05) is 6.92 Å². The first-order chi connectivity index (χ1) is 6.60. The summed E-state index contributed by atoms with van der Waals surface area (Å²) < 4.78 is 10.1. The molecule has 0 bridgehead atoms. The highest BCUT2D eigenvalue weighted by molar-refractivity contribution is 5.76. The van der Waals surface area contributed by atoms with Gasteiger partial charge in [0.1, 0.15) is 0 Å². The predicted octanol–water partition coefficient (Wildman–Crippen LogP) is 1.92. The predicted molar refractivity (Wildman–Crippen MR) is 53.9 cm³/mol. The molecule has 0 saturated carbocycles. The van der Waals surface area contributed by atoms with Crippen molar-refractivity contribution in [1.29, 1.82) is 0 Å². The van der Waals surface area contributed by atoms with Crippen LogP contribution in [0.5, 0.6) is 0 Å². The van der Waals surface area contributed by atoms with Gasteiger partial charge in [0.15, 0.2) is 0 Å². The van der Waals surface area contributed by atoms with E-state index >= 15 is 0 Å². The summed E-state index contributed by atoms with van der Waals surface area (Å²) >= 11 is 0. The first-order valence-electron chi connectivity index (χ1n) is 4.87. The molecular weight excluding hydrogens is 180 g/mol. The first kappa shape index (κ1) is 11.2. The van der Waals surface area contributed by atoms with Crippen LogP contribution in [0.1, 0.15) is 26.7 Å². The third-order valence-electron chi connectivity index (χ3n) is 3.05. The zero-order valence-corrected chi connectivity index (χ0v) is 9.29. The molecule has 14 heavy (non-hydrogen) atoms. The fourth-order valence-corrected chi connectivity index (χ4v) is 1.92. The van der Waals surface area contributed by atoms with Crippen molar-refractivity contribution in [2.24, 2.45) is 5.92 Å². The van der Waals surface area contributed by atoms with Crippen LogP contribution in [-0.4, -0.2) is 26.3 Å². The van der Waals surface area contributed by atoms with Crippen LogP contribution >= 0.6 is 0 Å². The third kappa shape index (κ3) is 2.15. The number of carbonyl (C=O) groups is 1. The van der Waals surface area contributed by atoms with Crippen molar-refractivity contribution in [1.82, 2.24) is 0 Å². The highest BCUT2D eigenvalue weighted by atomic mass is 16.5. The molecular formula is C11H18O3. The molecule has 0 amide bonds. The van der Waals surface area contributed by atoms with Crippen LogP contribution in [0.4, 0.5) is 0 Å². The molecule has 3 heteroatoms. The normalized spacial score (nSPS) is 27.7. The van der Waals surface area contributed by atoms with Crippen molar-refractivity contribution in [3.63, 3.8) is 0 Å². The summed E-state index contributed by atoms with van der Waals surface area (Å²) in [5.41, 5.74) is 2.39. The van der Waals surface area contributed by atoms with Gasteiger partial charge in [-0.15, -0.1) is 0 Å². The van der Waals surface area contributed by atoms with Crippen molar-refractivity contribution in [2.75, 3.05) is 14.2 Å². The lowest BCUT2D eigenvalue weighted by atomic mass is 9.82. The molecule has 80 valence electrons. The number of hydrogen-bond donors (Lipinski definition) is 0. The summed E-state index contributed by atoms with van der Waals surface area (Å²) in [5, 5.41) is 0. The lowest BCUT2D eigenvalue weighted by Crippen LogP contribution is -2.29. The Hall–Kier alpha value is -0.830. The Morgan fingerprint density at radius 1 is 1.36 bits per heavy atom. The van der Waals surface area contributed by atoms with Gasteiger partial charge in [-0.2, -0.15) is 0 Å². The molecule has 0 aromatic rings. The van der Waals surface area contributed by atoms with Crippen molar-refractivity contribution < 1.29 is 14.3 Å². The Bertz CT molecular complexity index is 255. The number of hydrogen-bond acceptors (Lipinski definition) is 3. The van der Waals surface area contributed by atoms with Crippen LogP contribution in [0.15, 0.2) is 11.1 Å². The van der Waals surface area contributed by atoms with E-state index in [0.717, 1.165) is 18.4 Å². The van der Waals surface area contributed by atoms with E-state index in [0.29, 0.717) is 0 Å². The number of esters is 1. The zero-order valence-electron chi connectivity index (χ0n) is 9.29. The maximum absolute atomic E-state index is 11.5. The van der Waals surface area contributed by atoms with Gasteiger partial charge in [-0.3, -0.25) is 4.79 Å². The van der Waals surface area contributed by atoms with E-state index in [1.54, 1.807) is 7.11 Å². The number of methoxy groups -OCH3 is 2. The Labute approximate surface area is 85.1 Å². The summed E-state index contributed by atoms with van der Waals surface area (Å²) in [4.78, 5) is 11.5. The summed E-state index contributed by atoms with van der Waals surface area (Å²) in [6.07, 6.45) is 1.82. The fourth-order valence-electron chi connectivity index (χ4n) is 1.92. The SMILES string of the molecule is COC(=O)[C@@H]1C[C@@H](OC)CC(C)=C1C. The molecule has 1 aliphatic carbocycles. The average Bonchev–Trinajstić information content (AvgIpc) is 2.20. The maximum Gasteiger partial charge on any atom is 0.312 e. The Morgan fingerprint density at radius 3 is 2.50 bits per heavy atom. The van der Waals surface area contributed by atoms with Gasteiger partial charge >= 0.3 is 5.97 Å². The minimum atomic E-state index is -0.149. The zero-order chi connectivity index (χ0) is 10.7. The molecule has 1 rings (SSSR count). The standard InChI is InChI=1S/C11H18O3/c1-7-5-9(13-3)6-10(8(7)2)11(12)14-4/h9-10H,5-6H2,1-4H3/t9-,10+/m0/s1. The molecule has 0 spiro atoms. The second-order valence-corrected chi connectivity index (χ2v) is 3.84. The third-order valence-corrected chi connectivity index (χ3v) is 3.05. The lowest BCUT2D eigenvalue weighted by Gasteiger charge is -2.28. The van der Waals surface area contributed by atoms with Gasteiger partial charge in [0.25, 0.3) is 0 Å². The minimum Gasteiger partial charge on any atom is -0.469 e. The molecule has 0 fully saturated rings. The second-order valence-electron chi connectivity index (χ2n) is 3.84.